The second-order valence-electron chi connectivity index (χ2n) is 7.91. The zero-order chi connectivity index (χ0) is 13.7. The van der Waals surface area contributed by atoms with E-state index in [1.165, 1.54) is 50.5 Å². The molecule has 0 aromatic carbocycles. The standard InChI is InChI=1S/C17H27N3/c1-18-16(15-10-19-20(2)11-15)9-17-6-12-3-13(7-17)5-14(4-12)8-17/h10-14,16,18H,3-9H2,1-2H3. The highest BCUT2D eigenvalue weighted by Crippen LogP contribution is 2.62. The first kappa shape index (κ1) is 12.9. The van der Waals surface area contributed by atoms with Gasteiger partial charge in [0.15, 0.2) is 0 Å². The van der Waals surface area contributed by atoms with Crippen molar-refractivity contribution < 1.29 is 0 Å². The maximum absolute atomic E-state index is 4.36. The average molecular weight is 273 g/mol. The van der Waals surface area contributed by atoms with Crippen LogP contribution in [0.15, 0.2) is 12.4 Å². The summed E-state index contributed by atoms with van der Waals surface area (Å²) in [6, 6.07) is 0.486. The Hall–Kier alpha value is -0.830. The molecule has 3 heteroatoms. The van der Waals surface area contributed by atoms with Crippen molar-refractivity contribution in [1.82, 2.24) is 15.1 Å². The van der Waals surface area contributed by atoms with Crippen molar-refractivity contribution in [2.75, 3.05) is 7.05 Å². The molecule has 20 heavy (non-hydrogen) atoms. The highest BCUT2D eigenvalue weighted by molar-refractivity contribution is 5.13. The van der Waals surface area contributed by atoms with E-state index < -0.39 is 0 Å². The molecule has 4 fully saturated rings. The van der Waals surface area contributed by atoms with Crippen LogP contribution in [-0.4, -0.2) is 16.8 Å². The van der Waals surface area contributed by atoms with E-state index in [0.717, 1.165) is 17.8 Å². The lowest BCUT2D eigenvalue weighted by molar-refractivity contribution is -0.0619. The highest BCUT2D eigenvalue weighted by atomic mass is 15.2. The molecule has 1 atom stereocenters. The molecule has 4 aliphatic carbocycles. The summed E-state index contributed by atoms with van der Waals surface area (Å²) in [4.78, 5) is 0. The molecule has 4 bridgehead atoms. The second-order valence-corrected chi connectivity index (χ2v) is 7.91. The first-order valence-corrected chi connectivity index (χ1v) is 8.32. The molecule has 110 valence electrons. The molecule has 0 saturated heterocycles. The minimum atomic E-state index is 0.486. The first-order valence-electron chi connectivity index (χ1n) is 8.32. The van der Waals surface area contributed by atoms with Crippen molar-refractivity contribution in [2.24, 2.45) is 30.2 Å². The van der Waals surface area contributed by atoms with Crippen LogP contribution in [0.3, 0.4) is 0 Å². The molecule has 1 N–H and O–H groups in total. The van der Waals surface area contributed by atoms with E-state index in [1.807, 2.05) is 17.9 Å². The minimum Gasteiger partial charge on any atom is -0.313 e. The van der Waals surface area contributed by atoms with Gasteiger partial charge in [0.1, 0.15) is 0 Å². The van der Waals surface area contributed by atoms with Gasteiger partial charge in [-0.3, -0.25) is 4.68 Å². The summed E-state index contributed by atoms with van der Waals surface area (Å²) in [5.41, 5.74) is 2.00. The predicted molar refractivity (Wildman–Crippen MR) is 80.2 cm³/mol. The lowest BCUT2D eigenvalue weighted by atomic mass is 9.48. The van der Waals surface area contributed by atoms with Gasteiger partial charge in [0, 0.05) is 24.8 Å². The van der Waals surface area contributed by atoms with Crippen molar-refractivity contribution in [3.8, 4) is 0 Å². The third-order valence-electron chi connectivity index (χ3n) is 6.28. The topological polar surface area (TPSA) is 29.9 Å². The van der Waals surface area contributed by atoms with E-state index in [2.05, 4.69) is 23.7 Å². The summed E-state index contributed by atoms with van der Waals surface area (Å²) >= 11 is 0. The van der Waals surface area contributed by atoms with E-state index in [1.54, 1.807) is 0 Å². The van der Waals surface area contributed by atoms with E-state index in [-0.39, 0.29) is 0 Å². The van der Waals surface area contributed by atoms with E-state index in [9.17, 15) is 0 Å². The predicted octanol–water partition coefficient (Wildman–Crippen LogP) is 3.29. The number of hydrogen-bond acceptors (Lipinski definition) is 2. The van der Waals surface area contributed by atoms with Gasteiger partial charge in [0.05, 0.1) is 6.20 Å². The molecule has 5 rings (SSSR count). The Morgan fingerprint density at radius 2 is 1.85 bits per heavy atom. The third kappa shape index (κ3) is 2.11. The van der Waals surface area contributed by atoms with Crippen molar-refractivity contribution in [3.05, 3.63) is 18.0 Å². The molecule has 4 aliphatic rings. The lowest BCUT2D eigenvalue weighted by Crippen LogP contribution is -2.47. The smallest absolute Gasteiger partial charge is 0.0537 e. The summed E-state index contributed by atoms with van der Waals surface area (Å²) in [5.74, 6) is 3.15. The van der Waals surface area contributed by atoms with Gasteiger partial charge in [-0.15, -0.1) is 0 Å². The van der Waals surface area contributed by atoms with E-state index in [0.29, 0.717) is 11.5 Å². The third-order valence-corrected chi connectivity index (χ3v) is 6.28. The monoisotopic (exact) mass is 273 g/mol. The molecule has 3 nitrogen and oxygen atoms in total. The molecular weight excluding hydrogens is 246 g/mol. The fraction of sp³-hybridized carbons (Fsp3) is 0.824. The largest absolute Gasteiger partial charge is 0.313 e. The van der Waals surface area contributed by atoms with Gasteiger partial charge < -0.3 is 5.32 Å². The van der Waals surface area contributed by atoms with Crippen molar-refractivity contribution in [3.63, 3.8) is 0 Å². The van der Waals surface area contributed by atoms with Crippen LogP contribution in [0.25, 0.3) is 0 Å². The number of aromatic nitrogens is 2. The molecule has 1 unspecified atom stereocenters. The van der Waals surface area contributed by atoms with Crippen LogP contribution < -0.4 is 5.32 Å². The maximum atomic E-state index is 4.36. The Labute approximate surface area is 122 Å². The molecular formula is C17H27N3. The summed E-state index contributed by atoms with van der Waals surface area (Å²) in [6.07, 6.45) is 14.7. The van der Waals surface area contributed by atoms with E-state index >= 15 is 0 Å². The summed E-state index contributed by atoms with van der Waals surface area (Å²) in [6.45, 7) is 0. The Kier molecular flexibility index (Phi) is 2.95. The second kappa shape index (κ2) is 4.59. The molecule has 0 radical (unpaired) electrons. The molecule has 1 heterocycles. The van der Waals surface area contributed by atoms with Crippen LogP contribution in [0, 0.1) is 23.2 Å². The van der Waals surface area contributed by atoms with Crippen molar-refractivity contribution >= 4 is 0 Å². The Balaban J connectivity index is 1.55. The number of nitrogens with zero attached hydrogens (tertiary/aromatic N) is 2. The van der Waals surface area contributed by atoms with Crippen LogP contribution in [0.2, 0.25) is 0 Å². The van der Waals surface area contributed by atoms with Gasteiger partial charge in [-0.25, -0.2) is 0 Å². The number of aryl methyl sites for hydroxylation is 1. The van der Waals surface area contributed by atoms with Crippen LogP contribution in [0.4, 0.5) is 0 Å². The number of hydrogen-bond donors (Lipinski definition) is 1. The van der Waals surface area contributed by atoms with Gasteiger partial charge in [-0.05, 0) is 75.2 Å². The minimum absolute atomic E-state index is 0.486. The van der Waals surface area contributed by atoms with Crippen LogP contribution >= 0.6 is 0 Å². The van der Waals surface area contributed by atoms with Crippen LogP contribution in [0.1, 0.15) is 56.6 Å². The number of nitrogens with one attached hydrogen (secondary N) is 1. The fourth-order valence-corrected chi connectivity index (χ4v) is 5.98. The molecule has 1 aromatic heterocycles. The highest BCUT2D eigenvalue weighted by Gasteiger charge is 2.51. The van der Waals surface area contributed by atoms with Gasteiger partial charge in [-0.2, -0.15) is 5.10 Å². The Morgan fingerprint density at radius 1 is 1.25 bits per heavy atom. The zero-order valence-electron chi connectivity index (χ0n) is 12.8. The Bertz CT molecular complexity index is 455. The number of rotatable bonds is 4. The van der Waals surface area contributed by atoms with E-state index in [4.69, 9.17) is 0 Å². The molecule has 1 aromatic rings. The summed E-state index contributed by atoms with van der Waals surface area (Å²) in [5, 5.41) is 7.91. The van der Waals surface area contributed by atoms with Gasteiger partial charge in [-0.1, -0.05) is 0 Å². The van der Waals surface area contributed by atoms with Gasteiger partial charge >= 0.3 is 0 Å². The fourth-order valence-electron chi connectivity index (χ4n) is 5.98. The Morgan fingerprint density at radius 3 is 2.30 bits per heavy atom. The van der Waals surface area contributed by atoms with Crippen molar-refractivity contribution in [2.45, 2.75) is 51.0 Å². The molecule has 0 spiro atoms. The summed E-state index contributed by atoms with van der Waals surface area (Å²) < 4.78 is 1.93. The maximum Gasteiger partial charge on any atom is 0.0537 e. The zero-order valence-corrected chi connectivity index (χ0v) is 12.8. The van der Waals surface area contributed by atoms with Crippen molar-refractivity contribution in [1.29, 1.82) is 0 Å². The molecule has 0 aliphatic heterocycles. The quantitative estimate of drug-likeness (QED) is 0.912. The SMILES string of the molecule is CNC(CC12CC3CC(CC(C3)C1)C2)c1cnn(C)c1. The first-order chi connectivity index (χ1) is 9.66. The molecule has 0 amide bonds. The summed E-state index contributed by atoms with van der Waals surface area (Å²) in [7, 11) is 4.12. The average Bonchev–Trinajstić information content (AvgIpc) is 2.81. The van der Waals surface area contributed by atoms with Gasteiger partial charge in [0.25, 0.3) is 0 Å². The molecule has 4 saturated carbocycles. The normalized spacial score (nSPS) is 40.2. The van der Waals surface area contributed by atoms with Crippen LogP contribution in [-0.2, 0) is 7.05 Å². The lowest BCUT2D eigenvalue weighted by Gasteiger charge is -2.57. The van der Waals surface area contributed by atoms with Gasteiger partial charge in [0.2, 0.25) is 0 Å². The van der Waals surface area contributed by atoms with Crippen LogP contribution in [0.5, 0.6) is 0 Å².